The van der Waals surface area contributed by atoms with E-state index in [-0.39, 0.29) is 0 Å². The number of thiazole rings is 1. The van der Waals surface area contributed by atoms with Gasteiger partial charge in [-0.2, -0.15) is 0 Å². The molecule has 5 heteroatoms. The first-order valence-electron chi connectivity index (χ1n) is 4.39. The van der Waals surface area contributed by atoms with Gasteiger partial charge in [0.25, 0.3) is 0 Å². The van der Waals surface area contributed by atoms with Gasteiger partial charge in [-0.1, -0.05) is 12.1 Å². The first-order valence-corrected chi connectivity index (χ1v) is 6.06. The molecule has 1 aromatic carbocycles. The normalized spacial score (nSPS) is 11.0. The molecule has 0 saturated carbocycles. The smallest absolute Gasteiger partial charge is 0.159 e. The van der Waals surface area contributed by atoms with Crippen LogP contribution in [0.4, 0.5) is 0 Å². The summed E-state index contributed by atoms with van der Waals surface area (Å²) in [4.78, 5) is 12.0. The van der Waals surface area contributed by atoms with Crippen molar-refractivity contribution in [3.05, 3.63) is 33.6 Å². The predicted molar refractivity (Wildman–Crippen MR) is 64.9 cm³/mol. The topological polar surface area (TPSA) is 41.6 Å². The van der Waals surface area contributed by atoms with E-state index in [0.29, 0.717) is 0 Å². The summed E-state index contributed by atoms with van der Waals surface area (Å²) in [6.45, 7) is 0. The third-order valence-corrected chi connectivity index (χ3v) is 3.47. The summed E-state index contributed by atoms with van der Waals surface area (Å²) in [6.07, 6.45) is 0. The standard InChI is InChI=1S/C10H6BrN3S/c11-10-14-8(5-15-10)9-12-6-3-1-2-4-7(6)13-9/h1-5H,(H,12,13). The number of hydrogen-bond acceptors (Lipinski definition) is 3. The number of hydrogen-bond donors (Lipinski definition) is 1. The zero-order chi connectivity index (χ0) is 10.3. The lowest BCUT2D eigenvalue weighted by atomic mass is 10.3. The second-order valence-electron chi connectivity index (χ2n) is 3.09. The fraction of sp³-hybridized carbons (Fsp3) is 0. The van der Waals surface area contributed by atoms with E-state index in [9.17, 15) is 0 Å². The molecule has 0 amide bonds. The summed E-state index contributed by atoms with van der Waals surface area (Å²) in [6, 6.07) is 7.95. The molecule has 0 spiro atoms. The summed E-state index contributed by atoms with van der Waals surface area (Å²) in [5.74, 6) is 0.818. The monoisotopic (exact) mass is 279 g/mol. The SMILES string of the molecule is Brc1nc(-c2nc3ccccc3[nH]2)cs1. The summed E-state index contributed by atoms with van der Waals surface area (Å²) in [5.41, 5.74) is 2.89. The highest BCUT2D eigenvalue weighted by Gasteiger charge is 2.07. The molecule has 3 nitrogen and oxygen atoms in total. The van der Waals surface area contributed by atoms with Gasteiger partial charge in [0, 0.05) is 5.38 Å². The van der Waals surface area contributed by atoms with Crippen LogP contribution in [0.3, 0.4) is 0 Å². The number of aromatic amines is 1. The van der Waals surface area contributed by atoms with Crippen molar-refractivity contribution in [3.63, 3.8) is 0 Å². The van der Waals surface area contributed by atoms with Crippen molar-refractivity contribution in [3.8, 4) is 11.5 Å². The molecule has 0 aliphatic carbocycles. The van der Waals surface area contributed by atoms with Gasteiger partial charge in [-0.3, -0.25) is 0 Å². The van der Waals surface area contributed by atoms with Crippen molar-refractivity contribution in [2.45, 2.75) is 0 Å². The Morgan fingerprint density at radius 1 is 1.20 bits per heavy atom. The maximum Gasteiger partial charge on any atom is 0.159 e. The third kappa shape index (κ3) is 1.57. The average Bonchev–Trinajstić information content (AvgIpc) is 2.82. The Labute approximate surface area is 98.3 Å². The van der Waals surface area contributed by atoms with Gasteiger partial charge in [0.05, 0.1) is 11.0 Å². The van der Waals surface area contributed by atoms with E-state index in [2.05, 4.69) is 30.9 Å². The highest BCUT2D eigenvalue weighted by molar-refractivity contribution is 9.11. The molecule has 3 aromatic rings. The summed E-state index contributed by atoms with van der Waals surface area (Å²) in [5, 5.41) is 1.97. The Hall–Kier alpha value is -1.20. The van der Waals surface area contributed by atoms with Crippen LogP contribution >= 0.6 is 27.3 Å². The average molecular weight is 280 g/mol. The van der Waals surface area contributed by atoms with E-state index in [1.54, 1.807) is 11.3 Å². The van der Waals surface area contributed by atoms with Gasteiger partial charge in [-0.05, 0) is 28.1 Å². The fourth-order valence-electron chi connectivity index (χ4n) is 1.43. The molecule has 0 atom stereocenters. The largest absolute Gasteiger partial charge is 0.337 e. The van der Waals surface area contributed by atoms with Gasteiger partial charge < -0.3 is 4.98 Å². The van der Waals surface area contributed by atoms with Crippen LogP contribution in [0, 0.1) is 0 Å². The quantitative estimate of drug-likeness (QED) is 0.741. The lowest BCUT2D eigenvalue weighted by molar-refractivity contribution is 1.26. The van der Waals surface area contributed by atoms with E-state index in [4.69, 9.17) is 0 Å². The van der Waals surface area contributed by atoms with Crippen molar-refractivity contribution in [1.82, 2.24) is 15.0 Å². The molecule has 0 radical (unpaired) electrons. The Balaban J connectivity index is 2.19. The molecule has 2 heterocycles. The maximum absolute atomic E-state index is 4.46. The van der Waals surface area contributed by atoms with Gasteiger partial charge >= 0.3 is 0 Å². The van der Waals surface area contributed by atoms with Crippen LogP contribution in [0.25, 0.3) is 22.6 Å². The summed E-state index contributed by atoms with van der Waals surface area (Å²) < 4.78 is 0.873. The lowest BCUT2D eigenvalue weighted by Crippen LogP contribution is -1.78. The molecule has 0 unspecified atom stereocenters. The molecular weight excluding hydrogens is 274 g/mol. The maximum atomic E-state index is 4.46. The summed E-state index contributed by atoms with van der Waals surface area (Å²) >= 11 is 4.89. The molecule has 1 N–H and O–H groups in total. The van der Waals surface area contributed by atoms with Crippen LogP contribution in [0.5, 0.6) is 0 Å². The van der Waals surface area contributed by atoms with Gasteiger partial charge in [-0.25, -0.2) is 9.97 Å². The van der Waals surface area contributed by atoms with Crippen LogP contribution < -0.4 is 0 Å². The molecule has 0 bridgehead atoms. The van der Waals surface area contributed by atoms with E-state index in [1.165, 1.54) is 0 Å². The van der Waals surface area contributed by atoms with Crippen molar-refractivity contribution in [2.24, 2.45) is 0 Å². The number of nitrogens with one attached hydrogen (secondary N) is 1. The highest BCUT2D eigenvalue weighted by atomic mass is 79.9. The number of imidazole rings is 1. The van der Waals surface area contributed by atoms with Crippen LogP contribution in [0.2, 0.25) is 0 Å². The number of halogens is 1. The number of fused-ring (bicyclic) bond motifs is 1. The first-order chi connectivity index (χ1) is 7.33. The number of benzene rings is 1. The Kier molecular flexibility index (Phi) is 2.07. The molecule has 0 aliphatic rings. The van der Waals surface area contributed by atoms with Gasteiger partial charge in [0.1, 0.15) is 5.69 Å². The number of aromatic nitrogens is 3. The molecule has 0 aliphatic heterocycles. The molecule has 0 fully saturated rings. The molecule has 74 valence electrons. The number of rotatable bonds is 1. The molecule has 15 heavy (non-hydrogen) atoms. The predicted octanol–water partition coefficient (Wildman–Crippen LogP) is 3.45. The minimum Gasteiger partial charge on any atom is -0.337 e. The molecular formula is C10H6BrN3S. The van der Waals surface area contributed by atoms with Gasteiger partial charge in [0.2, 0.25) is 0 Å². The van der Waals surface area contributed by atoms with E-state index >= 15 is 0 Å². The zero-order valence-corrected chi connectivity index (χ0v) is 9.97. The first kappa shape index (κ1) is 9.06. The van der Waals surface area contributed by atoms with Crippen LogP contribution in [-0.4, -0.2) is 15.0 Å². The highest BCUT2D eigenvalue weighted by Crippen LogP contribution is 2.24. The van der Waals surface area contributed by atoms with Crippen molar-refractivity contribution in [2.75, 3.05) is 0 Å². The minimum absolute atomic E-state index is 0.818. The van der Waals surface area contributed by atoms with E-state index < -0.39 is 0 Å². The summed E-state index contributed by atoms with van der Waals surface area (Å²) in [7, 11) is 0. The Morgan fingerprint density at radius 2 is 2.07 bits per heavy atom. The zero-order valence-electron chi connectivity index (χ0n) is 7.57. The van der Waals surface area contributed by atoms with Crippen molar-refractivity contribution in [1.29, 1.82) is 0 Å². The third-order valence-electron chi connectivity index (χ3n) is 2.11. The van der Waals surface area contributed by atoms with Crippen LogP contribution in [0.15, 0.2) is 33.6 Å². The minimum atomic E-state index is 0.818. The van der Waals surface area contributed by atoms with E-state index in [0.717, 1.165) is 26.5 Å². The number of nitrogens with zero attached hydrogens (tertiary/aromatic N) is 2. The fourth-order valence-corrected chi connectivity index (χ4v) is 2.43. The number of H-pyrrole nitrogens is 1. The lowest BCUT2D eigenvalue weighted by Gasteiger charge is -1.85. The second-order valence-corrected chi connectivity index (χ2v) is 5.22. The van der Waals surface area contributed by atoms with Crippen LogP contribution in [0.1, 0.15) is 0 Å². The second kappa shape index (κ2) is 3.43. The Morgan fingerprint density at radius 3 is 2.80 bits per heavy atom. The van der Waals surface area contributed by atoms with Crippen molar-refractivity contribution < 1.29 is 0 Å². The molecule has 3 rings (SSSR count). The van der Waals surface area contributed by atoms with E-state index in [1.807, 2.05) is 29.6 Å². The molecule has 2 aromatic heterocycles. The molecule has 0 saturated heterocycles. The van der Waals surface area contributed by atoms with Crippen LogP contribution in [-0.2, 0) is 0 Å². The Bertz CT molecular complexity index is 581. The van der Waals surface area contributed by atoms with Gasteiger partial charge in [0.15, 0.2) is 9.74 Å². The van der Waals surface area contributed by atoms with Gasteiger partial charge in [-0.15, -0.1) is 11.3 Å². The van der Waals surface area contributed by atoms with Crippen molar-refractivity contribution >= 4 is 38.3 Å². The number of para-hydroxylation sites is 2.